The first-order valence-electron chi connectivity index (χ1n) is 6.60. The van der Waals surface area contributed by atoms with Crippen molar-refractivity contribution in [3.05, 3.63) is 71.0 Å². The summed E-state index contributed by atoms with van der Waals surface area (Å²) < 4.78 is 6.87. The van der Waals surface area contributed by atoms with E-state index in [4.69, 9.17) is 16.3 Å². The van der Waals surface area contributed by atoms with E-state index in [2.05, 4.69) is 10.3 Å². The first kappa shape index (κ1) is 14.3. The Morgan fingerprint density at radius 1 is 1.09 bits per heavy atom. The lowest BCUT2D eigenvalue weighted by molar-refractivity contribution is 0.0727. The zero-order chi connectivity index (χ0) is 15.5. The number of nitrogens with zero attached hydrogens (tertiary/aromatic N) is 3. The maximum atomic E-state index is 12.2. The Hall–Kier alpha value is -2.66. The summed E-state index contributed by atoms with van der Waals surface area (Å²) in [5.74, 6) is -0.148. The van der Waals surface area contributed by atoms with Crippen LogP contribution in [-0.2, 0) is 0 Å². The van der Waals surface area contributed by atoms with Crippen LogP contribution >= 0.6 is 11.6 Å². The molecule has 0 aliphatic carbocycles. The quantitative estimate of drug-likeness (QED) is 0.549. The fourth-order valence-corrected chi connectivity index (χ4v) is 2.12. The van der Waals surface area contributed by atoms with Crippen molar-refractivity contribution in [3.8, 4) is 11.4 Å². The molecular formula is C16H12ClN3O2. The maximum Gasteiger partial charge on any atom is 0.366 e. The number of carbonyl (C=O) groups is 1. The van der Waals surface area contributed by atoms with Crippen molar-refractivity contribution in [2.24, 2.45) is 0 Å². The van der Waals surface area contributed by atoms with Gasteiger partial charge >= 0.3 is 5.97 Å². The Kier molecular flexibility index (Phi) is 3.89. The molecule has 0 fully saturated rings. The van der Waals surface area contributed by atoms with Crippen molar-refractivity contribution in [2.45, 2.75) is 6.92 Å². The lowest BCUT2D eigenvalue weighted by Crippen LogP contribution is -2.11. The summed E-state index contributed by atoms with van der Waals surface area (Å²) in [5.41, 5.74) is 1.63. The Morgan fingerprint density at radius 2 is 1.77 bits per heavy atom. The van der Waals surface area contributed by atoms with Crippen LogP contribution in [0.3, 0.4) is 0 Å². The molecule has 110 valence electrons. The summed E-state index contributed by atoms with van der Waals surface area (Å²) in [7, 11) is 0. The molecule has 3 rings (SSSR count). The third-order valence-electron chi connectivity index (χ3n) is 3.11. The molecule has 0 spiro atoms. The number of carbonyl (C=O) groups excluding carboxylic acids is 1. The average molecular weight is 314 g/mol. The molecule has 0 N–H and O–H groups in total. The van der Waals surface area contributed by atoms with E-state index >= 15 is 0 Å². The molecular weight excluding hydrogens is 302 g/mol. The van der Waals surface area contributed by atoms with Crippen LogP contribution in [0.2, 0.25) is 5.02 Å². The molecule has 0 radical (unpaired) electrons. The van der Waals surface area contributed by atoms with Crippen molar-refractivity contribution < 1.29 is 9.53 Å². The van der Waals surface area contributed by atoms with Gasteiger partial charge in [0.25, 0.3) is 0 Å². The summed E-state index contributed by atoms with van der Waals surface area (Å²) in [6, 6.07) is 16.0. The van der Waals surface area contributed by atoms with Gasteiger partial charge in [0.1, 0.15) is 5.75 Å². The Bertz CT molecular complexity index is 798. The van der Waals surface area contributed by atoms with Gasteiger partial charge in [0, 0.05) is 5.02 Å². The van der Waals surface area contributed by atoms with Crippen LogP contribution in [0.15, 0.2) is 54.6 Å². The number of rotatable bonds is 3. The largest absolute Gasteiger partial charge is 0.422 e. The summed E-state index contributed by atoms with van der Waals surface area (Å²) in [4.78, 5) is 12.2. The number of aromatic nitrogens is 3. The summed E-state index contributed by atoms with van der Waals surface area (Å²) in [6.45, 7) is 1.77. The Morgan fingerprint density at radius 3 is 2.45 bits per heavy atom. The first-order valence-corrected chi connectivity index (χ1v) is 6.98. The molecule has 0 unspecified atom stereocenters. The van der Waals surface area contributed by atoms with Gasteiger partial charge in [0.05, 0.1) is 11.4 Å². The molecule has 0 aliphatic heterocycles. The molecule has 1 aromatic heterocycles. The van der Waals surface area contributed by atoms with E-state index in [9.17, 15) is 4.79 Å². The fraction of sp³-hybridized carbons (Fsp3) is 0.0625. The highest BCUT2D eigenvalue weighted by molar-refractivity contribution is 6.30. The second-order valence-corrected chi connectivity index (χ2v) is 5.05. The van der Waals surface area contributed by atoms with Crippen molar-refractivity contribution in [3.63, 3.8) is 0 Å². The third-order valence-corrected chi connectivity index (χ3v) is 3.36. The van der Waals surface area contributed by atoms with Gasteiger partial charge in [-0.25, -0.2) is 9.48 Å². The second kappa shape index (κ2) is 5.99. The van der Waals surface area contributed by atoms with Gasteiger partial charge in [-0.2, -0.15) is 0 Å². The molecule has 0 saturated heterocycles. The van der Waals surface area contributed by atoms with Gasteiger partial charge in [-0.3, -0.25) is 0 Å². The monoisotopic (exact) mass is 313 g/mol. The molecule has 0 bridgehead atoms. The lowest BCUT2D eigenvalue weighted by atomic mass is 10.3. The topological polar surface area (TPSA) is 57.0 Å². The predicted octanol–water partition coefficient (Wildman–Crippen LogP) is 3.45. The van der Waals surface area contributed by atoms with Crippen LogP contribution in [0.4, 0.5) is 0 Å². The van der Waals surface area contributed by atoms with E-state index in [0.29, 0.717) is 16.5 Å². The molecule has 5 nitrogen and oxygen atoms in total. The lowest BCUT2D eigenvalue weighted by Gasteiger charge is -2.04. The Labute approximate surface area is 132 Å². The van der Waals surface area contributed by atoms with Crippen LogP contribution in [-0.4, -0.2) is 21.0 Å². The smallest absolute Gasteiger partial charge is 0.366 e. The highest BCUT2D eigenvalue weighted by atomic mass is 35.5. The van der Waals surface area contributed by atoms with Crippen molar-refractivity contribution >= 4 is 17.6 Å². The van der Waals surface area contributed by atoms with Crippen LogP contribution in [0, 0.1) is 6.92 Å². The van der Waals surface area contributed by atoms with Gasteiger partial charge in [0.2, 0.25) is 0 Å². The van der Waals surface area contributed by atoms with Gasteiger partial charge in [-0.15, -0.1) is 5.10 Å². The zero-order valence-corrected chi connectivity index (χ0v) is 12.5. The SMILES string of the molecule is Cc1c(C(=O)Oc2ccc(Cl)cc2)nnn1-c1ccccc1. The fourth-order valence-electron chi connectivity index (χ4n) is 1.99. The van der Waals surface area contributed by atoms with Gasteiger partial charge in [0.15, 0.2) is 5.69 Å². The maximum absolute atomic E-state index is 12.2. The Balaban J connectivity index is 1.85. The minimum Gasteiger partial charge on any atom is -0.422 e. The highest BCUT2D eigenvalue weighted by Crippen LogP contribution is 2.18. The highest BCUT2D eigenvalue weighted by Gasteiger charge is 2.19. The van der Waals surface area contributed by atoms with E-state index < -0.39 is 5.97 Å². The van der Waals surface area contributed by atoms with Crippen molar-refractivity contribution in [2.75, 3.05) is 0 Å². The number of halogens is 1. The third kappa shape index (κ3) is 2.84. The van der Waals surface area contributed by atoms with Gasteiger partial charge in [-0.1, -0.05) is 35.0 Å². The van der Waals surface area contributed by atoms with E-state index in [1.54, 1.807) is 35.9 Å². The van der Waals surface area contributed by atoms with Gasteiger partial charge in [-0.05, 0) is 43.3 Å². The van der Waals surface area contributed by atoms with Crippen LogP contribution in [0.5, 0.6) is 5.75 Å². The first-order chi connectivity index (χ1) is 10.6. The minimum atomic E-state index is -0.554. The van der Waals surface area contributed by atoms with Crippen LogP contribution in [0.1, 0.15) is 16.2 Å². The summed E-state index contributed by atoms with van der Waals surface area (Å²) >= 11 is 5.80. The number of hydrogen-bond donors (Lipinski definition) is 0. The van der Waals surface area contributed by atoms with Crippen molar-refractivity contribution in [1.82, 2.24) is 15.0 Å². The number of esters is 1. The number of hydrogen-bond acceptors (Lipinski definition) is 4. The standard InChI is InChI=1S/C16H12ClN3O2/c1-11-15(16(21)22-14-9-7-12(17)8-10-14)18-19-20(11)13-5-3-2-4-6-13/h2-10H,1H3. The molecule has 0 saturated carbocycles. The molecule has 0 amide bonds. The van der Waals surface area contributed by atoms with E-state index in [1.807, 2.05) is 30.3 Å². The molecule has 22 heavy (non-hydrogen) atoms. The van der Waals surface area contributed by atoms with Gasteiger partial charge < -0.3 is 4.74 Å². The molecule has 0 atom stereocenters. The molecule has 6 heteroatoms. The molecule has 0 aliphatic rings. The second-order valence-electron chi connectivity index (χ2n) is 4.61. The molecule has 2 aromatic carbocycles. The van der Waals surface area contributed by atoms with Crippen LogP contribution < -0.4 is 4.74 Å². The molecule has 1 heterocycles. The van der Waals surface area contributed by atoms with E-state index in [1.165, 1.54) is 0 Å². The molecule has 3 aromatic rings. The predicted molar refractivity (Wildman–Crippen MR) is 82.5 cm³/mol. The zero-order valence-electron chi connectivity index (χ0n) is 11.7. The average Bonchev–Trinajstić information content (AvgIpc) is 2.92. The van der Waals surface area contributed by atoms with E-state index in [0.717, 1.165) is 5.69 Å². The number of benzene rings is 2. The van der Waals surface area contributed by atoms with Crippen molar-refractivity contribution in [1.29, 1.82) is 0 Å². The minimum absolute atomic E-state index is 0.179. The van der Waals surface area contributed by atoms with Crippen LogP contribution in [0.25, 0.3) is 5.69 Å². The van der Waals surface area contributed by atoms with E-state index in [-0.39, 0.29) is 5.69 Å². The normalized spacial score (nSPS) is 10.5. The number of ether oxygens (including phenoxy) is 1. The summed E-state index contributed by atoms with van der Waals surface area (Å²) in [5, 5.41) is 8.50. The summed E-state index contributed by atoms with van der Waals surface area (Å²) in [6.07, 6.45) is 0. The number of para-hydroxylation sites is 1.